The van der Waals surface area contributed by atoms with E-state index in [0.29, 0.717) is 28.7 Å². The third kappa shape index (κ3) is 2.96. The van der Waals surface area contributed by atoms with Crippen LogP contribution < -0.4 is 0 Å². The fraction of sp³-hybridized carbons (Fsp3) is 0.435. The number of nitriles is 1. The largest absolute Gasteiger partial charge is 0.377 e. The van der Waals surface area contributed by atoms with Crippen molar-refractivity contribution < 1.29 is 9.50 Å². The Morgan fingerprint density at radius 1 is 1.15 bits per heavy atom. The maximum absolute atomic E-state index is 16.1. The molecule has 1 N–H and O–H groups in total. The van der Waals surface area contributed by atoms with Gasteiger partial charge in [-0.1, -0.05) is 50.2 Å². The monoisotopic (exact) mass is 364 g/mol. The van der Waals surface area contributed by atoms with E-state index in [1.807, 2.05) is 24.3 Å². The molecule has 4 heteroatoms. The summed E-state index contributed by atoms with van der Waals surface area (Å²) in [6, 6.07) is 16.8. The van der Waals surface area contributed by atoms with Crippen molar-refractivity contribution in [1.82, 2.24) is 4.90 Å². The molecule has 2 fully saturated rings. The summed E-state index contributed by atoms with van der Waals surface area (Å²) >= 11 is 0. The second-order valence-corrected chi connectivity index (χ2v) is 8.28. The molecular formula is C23H25FN2O. The lowest BCUT2D eigenvalue weighted by molar-refractivity contribution is -0.163. The number of alkyl halides is 1. The van der Waals surface area contributed by atoms with Gasteiger partial charge in [-0.05, 0) is 47.6 Å². The Bertz CT molecular complexity index is 876. The third-order valence-corrected chi connectivity index (χ3v) is 6.02. The maximum Gasteiger partial charge on any atom is 0.172 e. The molecule has 0 unspecified atom stereocenters. The van der Waals surface area contributed by atoms with E-state index in [-0.39, 0.29) is 13.1 Å². The normalized spacial score (nSPS) is 21.3. The fourth-order valence-corrected chi connectivity index (χ4v) is 4.13. The summed E-state index contributed by atoms with van der Waals surface area (Å²) < 4.78 is 16.1. The van der Waals surface area contributed by atoms with Gasteiger partial charge in [0.2, 0.25) is 0 Å². The highest BCUT2D eigenvalue weighted by molar-refractivity contribution is 5.46. The summed E-state index contributed by atoms with van der Waals surface area (Å²) in [5.41, 5.74) is -1.000. The Hall–Kier alpha value is -2.22. The minimum absolute atomic E-state index is 0.219. The summed E-state index contributed by atoms with van der Waals surface area (Å²) in [6.45, 7) is 4.65. The maximum atomic E-state index is 16.1. The van der Waals surface area contributed by atoms with Crippen LogP contribution in [-0.4, -0.2) is 34.8 Å². The van der Waals surface area contributed by atoms with E-state index >= 15 is 4.39 Å². The summed E-state index contributed by atoms with van der Waals surface area (Å²) in [5.74, 6) is 0.363. The molecule has 3 nitrogen and oxygen atoms in total. The molecule has 2 aliphatic rings. The van der Waals surface area contributed by atoms with Gasteiger partial charge in [-0.15, -0.1) is 0 Å². The van der Waals surface area contributed by atoms with Crippen LogP contribution in [0.15, 0.2) is 48.5 Å². The van der Waals surface area contributed by atoms with Crippen LogP contribution in [0.4, 0.5) is 4.39 Å². The summed E-state index contributed by atoms with van der Waals surface area (Å²) in [7, 11) is 0. The Morgan fingerprint density at radius 3 is 2.37 bits per heavy atom. The standard InChI is InChI=1S/C23H25FN2O/c1-16(2)18-6-8-19(9-7-18)23(27,20-5-3-4-17(12-20)13-25)22(24)14-26(15-22)21-10-11-21/h3-9,12,16,21,27H,10-11,14-15H2,1-2H3/t23-/m0/s1. The Kier molecular flexibility index (Phi) is 4.33. The zero-order chi connectivity index (χ0) is 19.2. The molecular weight excluding hydrogens is 339 g/mol. The zero-order valence-electron chi connectivity index (χ0n) is 15.8. The lowest BCUT2D eigenvalue weighted by Gasteiger charge is -2.53. The number of halogens is 1. The minimum atomic E-state index is -1.78. The van der Waals surface area contributed by atoms with E-state index in [0.717, 1.165) is 18.4 Å². The first-order chi connectivity index (χ1) is 12.9. The van der Waals surface area contributed by atoms with Gasteiger partial charge < -0.3 is 5.11 Å². The number of hydrogen-bond donors (Lipinski definition) is 1. The summed E-state index contributed by atoms with van der Waals surface area (Å²) in [5, 5.41) is 21.1. The second-order valence-electron chi connectivity index (χ2n) is 8.28. The lowest BCUT2D eigenvalue weighted by atomic mass is 9.69. The molecule has 2 aromatic carbocycles. The van der Waals surface area contributed by atoms with Crippen LogP contribution in [0.5, 0.6) is 0 Å². The highest BCUT2D eigenvalue weighted by atomic mass is 19.1. The van der Waals surface area contributed by atoms with Gasteiger partial charge in [0, 0.05) is 19.1 Å². The molecule has 2 aromatic rings. The van der Waals surface area contributed by atoms with Crippen LogP contribution in [0.25, 0.3) is 0 Å². The minimum Gasteiger partial charge on any atom is -0.377 e. The Balaban J connectivity index is 1.78. The average molecular weight is 364 g/mol. The van der Waals surface area contributed by atoms with Crippen LogP contribution in [0, 0.1) is 11.3 Å². The molecule has 1 saturated carbocycles. The van der Waals surface area contributed by atoms with Crippen molar-refractivity contribution in [1.29, 1.82) is 5.26 Å². The van der Waals surface area contributed by atoms with Crippen molar-refractivity contribution >= 4 is 0 Å². The van der Waals surface area contributed by atoms with Gasteiger partial charge in [-0.2, -0.15) is 5.26 Å². The van der Waals surface area contributed by atoms with Crippen LogP contribution in [0.1, 0.15) is 54.9 Å². The number of aliphatic hydroxyl groups is 1. The molecule has 27 heavy (non-hydrogen) atoms. The molecule has 1 aliphatic carbocycles. The first-order valence-electron chi connectivity index (χ1n) is 9.64. The predicted molar refractivity (Wildman–Crippen MR) is 103 cm³/mol. The van der Waals surface area contributed by atoms with Crippen LogP contribution >= 0.6 is 0 Å². The van der Waals surface area contributed by atoms with Gasteiger partial charge in [0.15, 0.2) is 11.3 Å². The summed E-state index contributed by atoms with van der Waals surface area (Å²) in [4.78, 5) is 2.11. The average Bonchev–Trinajstić information content (AvgIpc) is 3.49. The third-order valence-electron chi connectivity index (χ3n) is 6.02. The SMILES string of the molecule is CC(C)c1ccc([C@](O)(c2cccc(C#N)c2)C2(F)CN(C3CC3)C2)cc1. The topological polar surface area (TPSA) is 47.3 Å². The van der Waals surface area contributed by atoms with E-state index in [9.17, 15) is 10.4 Å². The van der Waals surface area contributed by atoms with Crippen LogP contribution in [0.2, 0.25) is 0 Å². The van der Waals surface area contributed by atoms with Crippen molar-refractivity contribution in [2.45, 2.75) is 49.9 Å². The molecule has 0 spiro atoms. The highest BCUT2D eigenvalue weighted by Crippen LogP contribution is 2.50. The van der Waals surface area contributed by atoms with Gasteiger partial charge in [-0.3, -0.25) is 4.90 Å². The molecule has 1 heterocycles. The Morgan fingerprint density at radius 2 is 1.81 bits per heavy atom. The van der Waals surface area contributed by atoms with Gasteiger partial charge in [0.25, 0.3) is 0 Å². The highest BCUT2D eigenvalue weighted by Gasteiger charge is 2.62. The second kappa shape index (κ2) is 6.44. The molecule has 0 amide bonds. The van der Waals surface area contributed by atoms with E-state index in [1.165, 1.54) is 0 Å². The quantitative estimate of drug-likeness (QED) is 0.869. The molecule has 0 radical (unpaired) electrons. The molecule has 1 saturated heterocycles. The fourth-order valence-electron chi connectivity index (χ4n) is 4.13. The molecule has 4 rings (SSSR count). The smallest absolute Gasteiger partial charge is 0.172 e. The van der Waals surface area contributed by atoms with Crippen molar-refractivity contribution in [3.05, 3.63) is 70.8 Å². The van der Waals surface area contributed by atoms with Crippen LogP contribution in [0.3, 0.4) is 0 Å². The van der Waals surface area contributed by atoms with E-state index in [2.05, 4.69) is 24.8 Å². The molecule has 1 aliphatic heterocycles. The first kappa shape index (κ1) is 18.2. The van der Waals surface area contributed by atoms with Crippen molar-refractivity contribution in [3.8, 4) is 6.07 Å². The van der Waals surface area contributed by atoms with Gasteiger partial charge >= 0.3 is 0 Å². The molecule has 1 atom stereocenters. The molecule has 0 aromatic heterocycles. The molecule has 140 valence electrons. The lowest BCUT2D eigenvalue weighted by Crippen LogP contribution is -2.69. The van der Waals surface area contributed by atoms with Crippen molar-refractivity contribution in [3.63, 3.8) is 0 Å². The first-order valence-corrected chi connectivity index (χ1v) is 9.64. The van der Waals surface area contributed by atoms with Gasteiger partial charge in [0.05, 0.1) is 11.6 Å². The van der Waals surface area contributed by atoms with E-state index in [4.69, 9.17) is 0 Å². The van der Waals surface area contributed by atoms with E-state index in [1.54, 1.807) is 24.3 Å². The van der Waals surface area contributed by atoms with Gasteiger partial charge in [-0.25, -0.2) is 4.39 Å². The van der Waals surface area contributed by atoms with Crippen LogP contribution in [-0.2, 0) is 5.60 Å². The molecule has 0 bridgehead atoms. The zero-order valence-corrected chi connectivity index (χ0v) is 15.8. The Labute approximate surface area is 160 Å². The number of rotatable bonds is 5. The summed E-state index contributed by atoms with van der Waals surface area (Å²) in [6.07, 6.45) is 2.23. The van der Waals surface area contributed by atoms with E-state index < -0.39 is 11.3 Å². The number of likely N-dealkylation sites (tertiary alicyclic amines) is 1. The number of nitrogens with zero attached hydrogens (tertiary/aromatic N) is 2. The number of benzene rings is 2. The van der Waals surface area contributed by atoms with Crippen molar-refractivity contribution in [2.24, 2.45) is 0 Å². The van der Waals surface area contributed by atoms with Gasteiger partial charge in [0.1, 0.15) is 0 Å². The van der Waals surface area contributed by atoms with Crippen molar-refractivity contribution in [2.75, 3.05) is 13.1 Å². The number of hydrogen-bond acceptors (Lipinski definition) is 3. The predicted octanol–water partition coefficient (Wildman–Crippen LogP) is 4.10.